The van der Waals surface area contributed by atoms with Gasteiger partial charge in [-0.25, -0.2) is 0 Å². The molecule has 0 spiro atoms. The highest BCUT2D eigenvalue weighted by atomic mass is 16.5. The molecule has 1 atom stereocenters. The summed E-state index contributed by atoms with van der Waals surface area (Å²) in [7, 11) is 0. The number of carbonyl (C=O) groups is 1. The van der Waals surface area contributed by atoms with E-state index >= 15 is 0 Å². The van der Waals surface area contributed by atoms with Gasteiger partial charge >= 0.3 is 0 Å². The SMILES string of the molecule is C=C(CN1CCOCC1)C(=O)N[C@H](C)C(C)C. The first kappa shape index (κ1) is 14.2. The normalized spacial score (nSPS) is 19.1. The van der Waals surface area contributed by atoms with E-state index in [1.54, 1.807) is 0 Å². The van der Waals surface area contributed by atoms with Crippen LogP contribution in [0.3, 0.4) is 0 Å². The zero-order valence-corrected chi connectivity index (χ0v) is 11.2. The van der Waals surface area contributed by atoms with Crippen molar-refractivity contribution in [3.8, 4) is 0 Å². The van der Waals surface area contributed by atoms with Crippen LogP contribution in [0.5, 0.6) is 0 Å². The minimum absolute atomic E-state index is 0.0299. The molecular formula is C13H24N2O2. The van der Waals surface area contributed by atoms with Crippen LogP contribution in [-0.4, -0.2) is 49.7 Å². The highest BCUT2D eigenvalue weighted by molar-refractivity contribution is 5.93. The van der Waals surface area contributed by atoms with E-state index in [0.717, 1.165) is 26.3 Å². The molecule has 98 valence electrons. The second kappa shape index (κ2) is 6.77. The van der Waals surface area contributed by atoms with E-state index in [1.165, 1.54) is 0 Å². The monoisotopic (exact) mass is 240 g/mol. The summed E-state index contributed by atoms with van der Waals surface area (Å²) in [5.74, 6) is 0.410. The van der Waals surface area contributed by atoms with Crippen molar-refractivity contribution in [1.82, 2.24) is 10.2 Å². The van der Waals surface area contributed by atoms with Gasteiger partial charge in [-0.3, -0.25) is 9.69 Å². The largest absolute Gasteiger partial charge is 0.379 e. The number of nitrogens with zero attached hydrogens (tertiary/aromatic N) is 1. The van der Waals surface area contributed by atoms with E-state index in [9.17, 15) is 4.79 Å². The third kappa shape index (κ3) is 4.88. The summed E-state index contributed by atoms with van der Waals surface area (Å²) in [6.45, 7) is 14.0. The van der Waals surface area contributed by atoms with Gasteiger partial charge in [-0.05, 0) is 12.8 Å². The molecule has 1 aliphatic heterocycles. The third-order valence-electron chi connectivity index (χ3n) is 3.20. The average Bonchev–Trinajstić information content (AvgIpc) is 2.29. The lowest BCUT2D eigenvalue weighted by Gasteiger charge is -2.27. The minimum atomic E-state index is -0.0299. The maximum Gasteiger partial charge on any atom is 0.248 e. The first-order valence-corrected chi connectivity index (χ1v) is 6.29. The fourth-order valence-electron chi connectivity index (χ4n) is 1.58. The van der Waals surface area contributed by atoms with Gasteiger partial charge in [0.1, 0.15) is 0 Å². The van der Waals surface area contributed by atoms with Crippen LogP contribution in [-0.2, 0) is 9.53 Å². The number of morpholine rings is 1. The van der Waals surface area contributed by atoms with Gasteiger partial charge in [-0.1, -0.05) is 20.4 Å². The lowest BCUT2D eigenvalue weighted by Crippen LogP contribution is -2.42. The molecule has 0 aliphatic carbocycles. The number of hydrogen-bond acceptors (Lipinski definition) is 3. The topological polar surface area (TPSA) is 41.6 Å². The molecule has 17 heavy (non-hydrogen) atoms. The molecule has 1 rings (SSSR count). The van der Waals surface area contributed by atoms with E-state index in [1.807, 2.05) is 6.92 Å². The second-order valence-electron chi connectivity index (χ2n) is 5.00. The van der Waals surface area contributed by atoms with E-state index in [0.29, 0.717) is 18.0 Å². The lowest BCUT2D eigenvalue weighted by atomic mass is 10.1. The van der Waals surface area contributed by atoms with Crippen molar-refractivity contribution >= 4 is 5.91 Å². The first-order valence-electron chi connectivity index (χ1n) is 6.29. The summed E-state index contributed by atoms with van der Waals surface area (Å²) in [6.07, 6.45) is 0. The molecule has 4 nitrogen and oxygen atoms in total. The highest BCUT2D eigenvalue weighted by Gasteiger charge is 2.17. The number of nitrogens with one attached hydrogen (secondary N) is 1. The van der Waals surface area contributed by atoms with Crippen LogP contribution in [0.4, 0.5) is 0 Å². The van der Waals surface area contributed by atoms with E-state index < -0.39 is 0 Å². The van der Waals surface area contributed by atoms with Gasteiger partial charge in [0, 0.05) is 31.2 Å². The van der Waals surface area contributed by atoms with Crippen molar-refractivity contribution in [3.63, 3.8) is 0 Å². The third-order valence-corrected chi connectivity index (χ3v) is 3.20. The molecule has 0 aromatic heterocycles. The lowest BCUT2D eigenvalue weighted by molar-refractivity contribution is -0.118. The molecule has 1 N–H and O–H groups in total. The fourth-order valence-corrected chi connectivity index (χ4v) is 1.58. The van der Waals surface area contributed by atoms with Crippen LogP contribution in [0.1, 0.15) is 20.8 Å². The number of rotatable bonds is 5. The zero-order chi connectivity index (χ0) is 12.8. The van der Waals surface area contributed by atoms with Crippen LogP contribution in [0.15, 0.2) is 12.2 Å². The van der Waals surface area contributed by atoms with Crippen LogP contribution in [0.2, 0.25) is 0 Å². The summed E-state index contributed by atoms with van der Waals surface area (Å²) in [5.41, 5.74) is 0.638. The van der Waals surface area contributed by atoms with Crippen molar-refractivity contribution < 1.29 is 9.53 Å². The van der Waals surface area contributed by atoms with Gasteiger partial charge in [0.25, 0.3) is 0 Å². The summed E-state index contributed by atoms with van der Waals surface area (Å²) in [4.78, 5) is 14.1. The smallest absolute Gasteiger partial charge is 0.248 e. The molecule has 0 radical (unpaired) electrons. The molecule has 4 heteroatoms. The molecule has 1 heterocycles. The highest BCUT2D eigenvalue weighted by Crippen LogP contribution is 2.04. The summed E-state index contributed by atoms with van der Waals surface area (Å²) in [5, 5.41) is 2.97. The Morgan fingerprint density at radius 1 is 1.35 bits per heavy atom. The quantitative estimate of drug-likeness (QED) is 0.730. The number of ether oxygens (including phenoxy) is 1. The van der Waals surface area contributed by atoms with Crippen LogP contribution in [0.25, 0.3) is 0 Å². The summed E-state index contributed by atoms with van der Waals surface area (Å²) in [6, 6.07) is 0.184. The Bertz CT molecular complexity index is 271. The molecule has 1 fully saturated rings. The predicted molar refractivity (Wildman–Crippen MR) is 68.8 cm³/mol. The van der Waals surface area contributed by atoms with Crippen molar-refractivity contribution in [2.24, 2.45) is 5.92 Å². The van der Waals surface area contributed by atoms with Gasteiger partial charge in [-0.15, -0.1) is 0 Å². The van der Waals surface area contributed by atoms with E-state index in [-0.39, 0.29) is 11.9 Å². The molecule has 1 aliphatic rings. The summed E-state index contributed by atoms with van der Waals surface area (Å²) >= 11 is 0. The van der Waals surface area contributed by atoms with Gasteiger partial charge in [-0.2, -0.15) is 0 Å². The predicted octanol–water partition coefficient (Wildman–Crippen LogP) is 1.04. The standard InChI is InChI=1S/C13H24N2O2/c1-10(2)12(4)14-13(16)11(3)9-15-5-7-17-8-6-15/h10,12H,3,5-9H2,1-2,4H3,(H,14,16)/t12-/m1/s1. The summed E-state index contributed by atoms with van der Waals surface area (Å²) < 4.78 is 5.27. The average molecular weight is 240 g/mol. The second-order valence-corrected chi connectivity index (χ2v) is 5.00. The zero-order valence-electron chi connectivity index (χ0n) is 11.2. The van der Waals surface area contributed by atoms with Crippen LogP contribution >= 0.6 is 0 Å². The Balaban J connectivity index is 2.33. The Hall–Kier alpha value is -0.870. The van der Waals surface area contributed by atoms with Crippen molar-refractivity contribution in [2.45, 2.75) is 26.8 Å². The molecule has 1 saturated heterocycles. The number of amides is 1. The van der Waals surface area contributed by atoms with Crippen LogP contribution in [0, 0.1) is 5.92 Å². The molecule has 0 saturated carbocycles. The Morgan fingerprint density at radius 3 is 2.47 bits per heavy atom. The molecule has 0 bridgehead atoms. The maximum absolute atomic E-state index is 11.9. The van der Waals surface area contributed by atoms with Crippen molar-refractivity contribution in [2.75, 3.05) is 32.8 Å². The van der Waals surface area contributed by atoms with Crippen molar-refractivity contribution in [1.29, 1.82) is 0 Å². The Labute approximate surface area is 104 Å². The van der Waals surface area contributed by atoms with Gasteiger partial charge in [0.05, 0.1) is 13.2 Å². The van der Waals surface area contributed by atoms with Gasteiger partial charge in [0.15, 0.2) is 0 Å². The van der Waals surface area contributed by atoms with E-state index in [4.69, 9.17) is 4.74 Å². The first-order chi connectivity index (χ1) is 8.00. The van der Waals surface area contributed by atoms with Crippen molar-refractivity contribution in [3.05, 3.63) is 12.2 Å². The molecule has 0 aromatic rings. The molecule has 0 unspecified atom stereocenters. The van der Waals surface area contributed by atoms with E-state index in [2.05, 4.69) is 30.6 Å². The van der Waals surface area contributed by atoms with Gasteiger partial charge in [0.2, 0.25) is 5.91 Å². The molecule has 1 amide bonds. The Morgan fingerprint density at radius 2 is 1.94 bits per heavy atom. The van der Waals surface area contributed by atoms with Crippen LogP contribution < -0.4 is 5.32 Å². The molecular weight excluding hydrogens is 216 g/mol. The number of carbonyl (C=O) groups excluding carboxylic acids is 1. The maximum atomic E-state index is 11.9. The Kier molecular flexibility index (Phi) is 5.65. The van der Waals surface area contributed by atoms with Gasteiger partial charge < -0.3 is 10.1 Å². The number of hydrogen-bond donors (Lipinski definition) is 1. The minimum Gasteiger partial charge on any atom is -0.379 e. The fraction of sp³-hybridized carbons (Fsp3) is 0.769. The molecule has 0 aromatic carbocycles.